The SMILES string of the molecule is Cc1c(Cl)cccc1NC(=S)NNC(=S)Nc1ccccc1[N+](=O)[O-]. The molecule has 130 valence electrons. The molecule has 0 amide bonds. The number of thiocarbonyl (C=S) groups is 2. The third kappa shape index (κ3) is 5.24. The molecule has 2 aromatic rings. The van der Waals surface area contributed by atoms with Gasteiger partial charge in [0.05, 0.1) is 4.92 Å². The molecule has 0 aliphatic carbocycles. The first-order valence-electron chi connectivity index (χ1n) is 7.01. The number of nitrogens with one attached hydrogen (secondary N) is 4. The zero-order valence-electron chi connectivity index (χ0n) is 13.0. The van der Waals surface area contributed by atoms with Crippen molar-refractivity contribution in [2.45, 2.75) is 6.92 Å². The van der Waals surface area contributed by atoms with E-state index in [2.05, 4.69) is 21.5 Å². The Morgan fingerprint density at radius 3 is 2.20 bits per heavy atom. The second kappa shape index (κ2) is 8.56. The minimum Gasteiger partial charge on any atom is -0.331 e. The lowest BCUT2D eigenvalue weighted by atomic mass is 10.2. The number of hydrogen-bond donors (Lipinski definition) is 4. The van der Waals surface area contributed by atoms with E-state index in [9.17, 15) is 10.1 Å². The number of nitrogens with zero attached hydrogens (tertiary/aromatic N) is 1. The van der Waals surface area contributed by atoms with Crippen LogP contribution in [0.15, 0.2) is 42.5 Å². The average molecular weight is 396 g/mol. The van der Waals surface area contributed by atoms with Crippen LogP contribution in [0.3, 0.4) is 0 Å². The van der Waals surface area contributed by atoms with Gasteiger partial charge in [-0.3, -0.25) is 21.0 Å². The van der Waals surface area contributed by atoms with E-state index in [1.807, 2.05) is 13.0 Å². The lowest BCUT2D eigenvalue weighted by Crippen LogP contribution is -2.45. The molecule has 10 heteroatoms. The molecule has 0 radical (unpaired) electrons. The Morgan fingerprint density at radius 2 is 1.56 bits per heavy atom. The quantitative estimate of drug-likeness (QED) is 0.355. The zero-order chi connectivity index (χ0) is 18.4. The molecular weight excluding hydrogens is 382 g/mol. The molecule has 4 N–H and O–H groups in total. The summed E-state index contributed by atoms with van der Waals surface area (Å²) in [5.74, 6) is 0. The van der Waals surface area contributed by atoms with Crippen molar-refractivity contribution in [3.05, 3.63) is 63.2 Å². The fourth-order valence-electron chi connectivity index (χ4n) is 1.90. The monoisotopic (exact) mass is 395 g/mol. The standard InChI is InChI=1S/C15H14ClN5O2S2/c1-9-10(16)5-4-7-11(9)17-14(24)19-20-15(25)18-12-6-2-3-8-13(12)21(22)23/h2-8H,1H3,(H2,17,19,24)(H2,18,20,25). The van der Waals surface area contributed by atoms with E-state index in [0.717, 1.165) is 11.3 Å². The Hall–Kier alpha value is -2.49. The van der Waals surface area contributed by atoms with Gasteiger partial charge in [0.15, 0.2) is 10.2 Å². The summed E-state index contributed by atoms with van der Waals surface area (Å²) < 4.78 is 0. The number of para-hydroxylation sites is 2. The van der Waals surface area contributed by atoms with Crippen LogP contribution in [-0.4, -0.2) is 15.1 Å². The Labute approximate surface area is 159 Å². The van der Waals surface area contributed by atoms with Crippen LogP contribution in [0.25, 0.3) is 0 Å². The summed E-state index contributed by atoms with van der Waals surface area (Å²) in [6.45, 7) is 1.86. The van der Waals surface area contributed by atoms with Gasteiger partial charge in [-0.15, -0.1) is 0 Å². The van der Waals surface area contributed by atoms with E-state index in [4.69, 9.17) is 36.0 Å². The Balaban J connectivity index is 1.91. The summed E-state index contributed by atoms with van der Waals surface area (Å²) >= 11 is 16.3. The minimum absolute atomic E-state index is 0.0816. The molecule has 2 rings (SSSR count). The second-order valence-corrected chi connectivity index (χ2v) is 6.07. The van der Waals surface area contributed by atoms with Crippen molar-refractivity contribution in [2.75, 3.05) is 10.6 Å². The van der Waals surface area contributed by atoms with Crippen molar-refractivity contribution in [1.82, 2.24) is 10.9 Å². The number of benzene rings is 2. The van der Waals surface area contributed by atoms with Gasteiger partial charge in [0.2, 0.25) is 0 Å². The highest BCUT2D eigenvalue weighted by molar-refractivity contribution is 7.81. The smallest absolute Gasteiger partial charge is 0.292 e. The van der Waals surface area contributed by atoms with Crippen molar-refractivity contribution in [3.8, 4) is 0 Å². The van der Waals surface area contributed by atoms with Gasteiger partial charge < -0.3 is 10.6 Å². The van der Waals surface area contributed by atoms with Crippen LogP contribution >= 0.6 is 36.0 Å². The van der Waals surface area contributed by atoms with Crippen LogP contribution in [-0.2, 0) is 0 Å². The number of hydrogen-bond acceptors (Lipinski definition) is 4. The molecule has 0 spiro atoms. The van der Waals surface area contributed by atoms with Crippen LogP contribution < -0.4 is 21.5 Å². The Morgan fingerprint density at radius 1 is 1.00 bits per heavy atom. The first kappa shape index (κ1) is 18.8. The molecule has 0 heterocycles. The normalized spacial score (nSPS) is 9.84. The van der Waals surface area contributed by atoms with Crippen molar-refractivity contribution >= 4 is 63.3 Å². The number of nitro benzene ring substituents is 1. The maximum Gasteiger partial charge on any atom is 0.292 e. The van der Waals surface area contributed by atoms with Gasteiger partial charge in [0, 0.05) is 16.8 Å². The molecule has 0 fully saturated rings. The van der Waals surface area contributed by atoms with Crippen molar-refractivity contribution in [1.29, 1.82) is 0 Å². The van der Waals surface area contributed by atoms with E-state index in [1.165, 1.54) is 6.07 Å². The number of hydrazine groups is 1. The summed E-state index contributed by atoms with van der Waals surface area (Å²) in [6, 6.07) is 11.6. The van der Waals surface area contributed by atoms with Gasteiger partial charge in [0.1, 0.15) is 5.69 Å². The molecule has 0 aliphatic heterocycles. The van der Waals surface area contributed by atoms with Crippen LogP contribution in [0, 0.1) is 17.0 Å². The number of halogens is 1. The summed E-state index contributed by atoms with van der Waals surface area (Å²) in [4.78, 5) is 10.5. The zero-order valence-corrected chi connectivity index (χ0v) is 15.4. The van der Waals surface area contributed by atoms with Gasteiger partial charge >= 0.3 is 0 Å². The molecule has 0 saturated carbocycles. The van der Waals surface area contributed by atoms with E-state index in [1.54, 1.807) is 30.3 Å². The third-order valence-electron chi connectivity index (χ3n) is 3.15. The minimum atomic E-state index is -0.494. The molecule has 0 aliphatic rings. The van der Waals surface area contributed by atoms with E-state index >= 15 is 0 Å². The molecule has 2 aromatic carbocycles. The third-order valence-corrected chi connectivity index (χ3v) is 3.97. The first-order valence-corrected chi connectivity index (χ1v) is 8.20. The van der Waals surface area contributed by atoms with Gasteiger partial charge in [-0.25, -0.2) is 0 Å². The van der Waals surface area contributed by atoms with E-state index in [0.29, 0.717) is 5.02 Å². The number of nitro groups is 1. The highest BCUT2D eigenvalue weighted by atomic mass is 35.5. The summed E-state index contributed by atoms with van der Waals surface area (Å²) in [7, 11) is 0. The van der Waals surface area contributed by atoms with Crippen LogP contribution in [0.5, 0.6) is 0 Å². The molecule has 0 saturated heterocycles. The molecular formula is C15H14ClN5O2S2. The van der Waals surface area contributed by atoms with Crippen LogP contribution in [0.2, 0.25) is 5.02 Å². The number of rotatable bonds is 3. The van der Waals surface area contributed by atoms with Gasteiger partial charge in [-0.05, 0) is 55.1 Å². The van der Waals surface area contributed by atoms with Gasteiger partial charge in [0.25, 0.3) is 5.69 Å². The topological polar surface area (TPSA) is 91.3 Å². The molecule has 25 heavy (non-hydrogen) atoms. The first-order chi connectivity index (χ1) is 11.9. The lowest BCUT2D eigenvalue weighted by molar-refractivity contribution is -0.383. The highest BCUT2D eigenvalue weighted by Gasteiger charge is 2.13. The molecule has 0 bridgehead atoms. The van der Waals surface area contributed by atoms with E-state index < -0.39 is 4.92 Å². The summed E-state index contributed by atoms with van der Waals surface area (Å²) in [6.07, 6.45) is 0. The maximum atomic E-state index is 11.0. The summed E-state index contributed by atoms with van der Waals surface area (Å²) in [5.41, 5.74) is 7.17. The van der Waals surface area contributed by atoms with Crippen LogP contribution in [0.4, 0.5) is 17.1 Å². The largest absolute Gasteiger partial charge is 0.331 e. The maximum absolute atomic E-state index is 11.0. The average Bonchev–Trinajstić information content (AvgIpc) is 2.57. The van der Waals surface area contributed by atoms with E-state index in [-0.39, 0.29) is 21.6 Å². The van der Waals surface area contributed by atoms with Crippen molar-refractivity contribution in [2.24, 2.45) is 0 Å². The molecule has 7 nitrogen and oxygen atoms in total. The Kier molecular flexibility index (Phi) is 6.45. The van der Waals surface area contributed by atoms with Crippen molar-refractivity contribution < 1.29 is 4.92 Å². The molecule has 0 atom stereocenters. The number of anilines is 2. The fraction of sp³-hybridized carbons (Fsp3) is 0.0667. The van der Waals surface area contributed by atoms with Gasteiger partial charge in [-0.1, -0.05) is 29.8 Å². The van der Waals surface area contributed by atoms with Gasteiger partial charge in [-0.2, -0.15) is 0 Å². The Bertz CT molecular complexity index is 831. The van der Waals surface area contributed by atoms with Crippen molar-refractivity contribution in [3.63, 3.8) is 0 Å². The molecule has 0 aromatic heterocycles. The predicted molar refractivity (Wildman–Crippen MR) is 108 cm³/mol. The highest BCUT2D eigenvalue weighted by Crippen LogP contribution is 2.23. The second-order valence-electron chi connectivity index (χ2n) is 4.84. The lowest BCUT2D eigenvalue weighted by Gasteiger charge is -2.15. The molecule has 0 unspecified atom stereocenters. The predicted octanol–water partition coefficient (Wildman–Crippen LogP) is 3.74. The fourth-order valence-corrected chi connectivity index (χ4v) is 2.40. The van der Waals surface area contributed by atoms with Crippen LogP contribution in [0.1, 0.15) is 5.56 Å². The summed E-state index contributed by atoms with van der Waals surface area (Å²) in [5, 5.41) is 17.7.